The average molecular weight is 503 g/mol. The molecule has 0 spiro atoms. The Morgan fingerprint density at radius 1 is 0.526 bits per heavy atom. The van der Waals surface area contributed by atoms with Gasteiger partial charge in [0.1, 0.15) is 11.5 Å². The SMILES string of the molecule is Cc1ccc(-c2cc(C(C)(C)C)cc3c2Oc2c(-c4ccc(C)cc4)cc(C(C)(C)C)cc2C3(C)C)cc1. The van der Waals surface area contributed by atoms with Gasteiger partial charge in [0.25, 0.3) is 0 Å². The third kappa shape index (κ3) is 4.57. The molecule has 0 unspecified atom stereocenters. The van der Waals surface area contributed by atoms with Crippen molar-refractivity contribution in [2.75, 3.05) is 0 Å². The fourth-order valence-electron chi connectivity index (χ4n) is 5.41. The summed E-state index contributed by atoms with van der Waals surface area (Å²) in [5.74, 6) is 1.97. The molecular weight excluding hydrogens is 460 g/mol. The molecule has 0 radical (unpaired) electrons. The van der Waals surface area contributed by atoms with Crippen LogP contribution in [0.15, 0.2) is 72.8 Å². The molecule has 0 aliphatic carbocycles. The molecule has 0 N–H and O–H groups in total. The van der Waals surface area contributed by atoms with Crippen molar-refractivity contribution in [3.05, 3.63) is 106 Å². The summed E-state index contributed by atoms with van der Waals surface area (Å²) in [5.41, 5.74) is 12.2. The van der Waals surface area contributed by atoms with Crippen molar-refractivity contribution < 1.29 is 4.74 Å². The maximum Gasteiger partial charge on any atom is 0.139 e. The van der Waals surface area contributed by atoms with E-state index in [2.05, 4.69) is 142 Å². The second-order valence-corrected chi connectivity index (χ2v) is 13.8. The maximum atomic E-state index is 7.08. The van der Waals surface area contributed by atoms with Crippen LogP contribution >= 0.6 is 0 Å². The van der Waals surface area contributed by atoms with Crippen LogP contribution in [0.25, 0.3) is 22.3 Å². The standard InChI is InChI=1S/C37H42O/c1-23-11-15-25(16-12-23)29-19-27(35(3,4)5)21-31-33(29)38-34-30(26-17-13-24(2)14-18-26)20-28(36(6,7)8)22-32(34)37(31,9)10/h11-22H,1-10H3. The summed E-state index contributed by atoms with van der Waals surface area (Å²) in [7, 11) is 0. The number of fused-ring (bicyclic) bond motifs is 2. The summed E-state index contributed by atoms with van der Waals surface area (Å²) >= 11 is 0. The summed E-state index contributed by atoms with van der Waals surface area (Å²) in [6.07, 6.45) is 0. The first kappa shape index (κ1) is 26.3. The van der Waals surface area contributed by atoms with E-state index in [0.29, 0.717) is 0 Å². The van der Waals surface area contributed by atoms with Crippen LogP contribution in [0.1, 0.15) is 88.8 Å². The third-order valence-electron chi connectivity index (χ3n) is 8.19. The van der Waals surface area contributed by atoms with E-state index in [-0.39, 0.29) is 16.2 Å². The number of hydrogen-bond acceptors (Lipinski definition) is 1. The van der Waals surface area contributed by atoms with Crippen molar-refractivity contribution in [1.29, 1.82) is 0 Å². The molecule has 1 aliphatic rings. The molecule has 4 aromatic rings. The molecule has 38 heavy (non-hydrogen) atoms. The number of hydrogen-bond donors (Lipinski definition) is 0. The van der Waals surface area contributed by atoms with Crippen LogP contribution in [0.2, 0.25) is 0 Å². The molecule has 0 fully saturated rings. The van der Waals surface area contributed by atoms with E-state index >= 15 is 0 Å². The number of ether oxygens (including phenoxy) is 1. The third-order valence-corrected chi connectivity index (χ3v) is 8.19. The number of benzene rings is 4. The highest BCUT2D eigenvalue weighted by Gasteiger charge is 2.39. The normalized spacial score (nSPS) is 14.5. The zero-order valence-corrected chi connectivity index (χ0v) is 24.8. The van der Waals surface area contributed by atoms with Crippen molar-refractivity contribution in [3.8, 4) is 33.8 Å². The molecule has 5 rings (SSSR count). The molecular formula is C37H42O. The predicted molar refractivity (Wildman–Crippen MR) is 163 cm³/mol. The minimum atomic E-state index is -0.232. The second kappa shape index (κ2) is 8.87. The van der Waals surface area contributed by atoms with E-state index in [1.165, 1.54) is 55.6 Å². The molecule has 0 saturated heterocycles. The molecule has 1 aliphatic heterocycles. The van der Waals surface area contributed by atoms with Gasteiger partial charge in [0.15, 0.2) is 0 Å². The van der Waals surface area contributed by atoms with Crippen molar-refractivity contribution in [1.82, 2.24) is 0 Å². The van der Waals surface area contributed by atoms with E-state index in [0.717, 1.165) is 11.5 Å². The van der Waals surface area contributed by atoms with Gasteiger partial charge in [-0.1, -0.05) is 127 Å². The molecule has 1 heterocycles. The Morgan fingerprint density at radius 3 is 1.18 bits per heavy atom. The van der Waals surface area contributed by atoms with Crippen molar-refractivity contribution in [3.63, 3.8) is 0 Å². The first-order valence-electron chi connectivity index (χ1n) is 13.9. The maximum absolute atomic E-state index is 7.08. The smallest absolute Gasteiger partial charge is 0.139 e. The number of rotatable bonds is 2. The van der Waals surface area contributed by atoms with Crippen LogP contribution in [-0.4, -0.2) is 0 Å². The lowest BCUT2D eigenvalue weighted by molar-refractivity contribution is 0.418. The van der Waals surface area contributed by atoms with Gasteiger partial charge in [0.05, 0.1) is 0 Å². The van der Waals surface area contributed by atoms with Gasteiger partial charge in [-0.15, -0.1) is 0 Å². The van der Waals surface area contributed by atoms with Gasteiger partial charge in [-0.05, 0) is 59.1 Å². The summed E-state index contributed by atoms with van der Waals surface area (Å²) in [4.78, 5) is 0. The van der Waals surface area contributed by atoms with Crippen molar-refractivity contribution in [2.45, 2.75) is 85.5 Å². The molecule has 1 heteroatoms. The van der Waals surface area contributed by atoms with Gasteiger partial charge in [0, 0.05) is 27.7 Å². The number of aryl methyl sites for hydroxylation is 2. The Morgan fingerprint density at radius 2 is 0.868 bits per heavy atom. The fourth-order valence-corrected chi connectivity index (χ4v) is 5.41. The Hall–Kier alpha value is -3.32. The largest absolute Gasteiger partial charge is 0.455 e. The minimum Gasteiger partial charge on any atom is -0.455 e. The van der Waals surface area contributed by atoms with E-state index in [1.807, 2.05) is 0 Å². The van der Waals surface area contributed by atoms with Gasteiger partial charge in [-0.25, -0.2) is 0 Å². The lowest BCUT2D eigenvalue weighted by atomic mass is 9.70. The van der Waals surface area contributed by atoms with Crippen molar-refractivity contribution >= 4 is 0 Å². The highest BCUT2D eigenvalue weighted by molar-refractivity contribution is 5.82. The average Bonchev–Trinajstić information content (AvgIpc) is 2.83. The van der Waals surface area contributed by atoms with Gasteiger partial charge in [-0.2, -0.15) is 0 Å². The highest BCUT2D eigenvalue weighted by atomic mass is 16.5. The van der Waals surface area contributed by atoms with Gasteiger partial charge in [0.2, 0.25) is 0 Å². The van der Waals surface area contributed by atoms with E-state index in [1.54, 1.807) is 0 Å². The van der Waals surface area contributed by atoms with Crippen LogP contribution in [-0.2, 0) is 16.2 Å². The van der Waals surface area contributed by atoms with E-state index in [4.69, 9.17) is 4.74 Å². The topological polar surface area (TPSA) is 9.23 Å². The molecule has 0 saturated carbocycles. The van der Waals surface area contributed by atoms with Gasteiger partial charge >= 0.3 is 0 Å². The predicted octanol–water partition coefficient (Wildman–Crippen LogP) is 10.7. The summed E-state index contributed by atoms with van der Waals surface area (Å²) in [5, 5.41) is 0. The summed E-state index contributed by atoms with van der Waals surface area (Å²) < 4.78 is 7.08. The quantitative estimate of drug-likeness (QED) is 0.265. The zero-order valence-electron chi connectivity index (χ0n) is 24.8. The molecule has 0 aromatic heterocycles. The highest BCUT2D eigenvalue weighted by Crippen LogP contribution is 2.56. The molecule has 196 valence electrons. The molecule has 0 amide bonds. The van der Waals surface area contributed by atoms with Crippen LogP contribution in [0.4, 0.5) is 0 Å². The minimum absolute atomic E-state index is 0.0190. The van der Waals surface area contributed by atoms with Crippen LogP contribution in [0.3, 0.4) is 0 Å². The Balaban J connectivity index is 1.84. The molecule has 0 atom stereocenters. The molecule has 4 aromatic carbocycles. The van der Waals surface area contributed by atoms with Gasteiger partial charge in [-0.3, -0.25) is 0 Å². The summed E-state index contributed by atoms with van der Waals surface area (Å²) in [6.45, 7) is 22.8. The van der Waals surface area contributed by atoms with Gasteiger partial charge < -0.3 is 4.74 Å². The van der Waals surface area contributed by atoms with Crippen molar-refractivity contribution in [2.24, 2.45) is 0 Å². The van der Waals surface area contributed by atoms with E-state index < -0.39 is 0 Å². The lowest BCUT2D eigenvalue weighted by Gasteiger charge is -2.39. The summed E-state index contributed by atoms with van der Waals surface area (Å²) in [6, 6.07) is 27.2. The first-order valence-corrected chi connectivity index (χ1v) is 13.9. The Bertz CT molecular complexity index is 1390. The second-order valence-electron chi connectivity index (χ2n) is 13.8. The first-order chi connectivity index (χ1) is 17.7. The monoisotopic (exact) mass is 502 g/mol. The fraction of sp³-hybridized carbons (Fsp3) is 0.351. The molecule has 1 nitrogen and oxygen atoms in total. The van der Waals surface area contributed by atoms with E-state index in [9.17, 15) is 0 Å². The lowest BCUT2D eigenvalue weighted by Crippen LogP contribution is -2.27. The molecule has 0 bridgehead atoms. The van der Waals surface area contributed by atoms with Crippen LogP contribution < -0.4 is 4.74 Å². The van der Waals surface area contributed by atoms with Crippen LogP contribution in [0, 0.1) is 13.8 Å². The van der Waals surface area contributed by atoms with Crippen LogP contribution in [0.5, 0.6) is 11.5 Å². The zero-order chi connectivity index (χ0) is 27.6. The Kier molecular flexibility index (Phi) is 6.14. The Labute approximate surface area is 229 Å².